The molecule has 90 valence electrons. The van der Waals surface area contributed by atoms with Crippen molar-refractivity contribution in [2.45, 2.75) is 33.6 Å². The van der Waals surface area contributed by atoms with Crippen molar-refractivity contribution in [3.63, 3.8) is 0 Å². The summed E-state index contributed by atoms with van der Waals surface area (Å²) in [5.41, 5.74) is 0.886. The maximum Gasteiger partial charge on any atom is 0.165 e. The van der Waals surface area contributed by atoms with Gasteiger partial charge < -0.3 is 4.42 Å². The number of furan rings is 1. The summed E-state index contributed by atoms with van der Waals surface area (Å²) in [6.07, 6.45) is 5.75. The largest absolute Gasteiger partial charge is 0.465 e. The molecule has 0 unspecified atom stereocenters. The molecular weight excluding hydrogens is 212 g/mol. The average Bonchev–Trinajstić information content (AvgIpc) is 2.87. The van der Waals surface area contributed by atoms with Gasteiger partial charge in [-0.25, -0.2) is 0 Å². The molecule has 2 aliphatic rings. The van der Waals surface area contributed by atoms with Crippen molar-refractivity contribution in [1.29, 1.82) is 0 Å². The van der Waals surface area contributed by atoms with Crippen LogP contribution in [-0.2, 0) is 4.79 Å². The molecule has 0 amide bonds. The lowest BCUT2D eigenvalue weighted by Crippen LogP contribution is -2.32. The number of hydrogen-bond acceptors (Lipinski definition) is 2. The first-order valence-electron chi connectivity index (χ1n) is 6.27. The van der Waals surface area contributed by atoms with Gasteiger partial charge in [0.1, 0.15) is 5.76 Å². The molecule has 2 aliphatic carbocycles. The number of hydrogen-bond donors (Lipinski definition) is 0. The summed E-state index contributed by atoms with van der Waals surface area (Å²) in [5.74, 6) is 1.51. The lowest BCUT2D eigenvalue weighted by Gasteiger charge is -2.31. The van der Waals surface area contributed by atoms with Gasteiger partial charge in [-0.15, -0.1) is 0 Å². The Morgan fingerprint density at radius 1 is 1.41 bits per heavy atom. The van der Waals surface area contributed by atoms with E-state index in [0.29, 0.717) is 11.7 Å². The van der Waals surface area contributed by atoms with Crippen molar-refractivity contribution in [3.8, 4) is 0 Å². The zero-order valence-electron chi connectivity index (χ0n) is 10.6. The molecule has 0 spiro atoms. The first kappa shape index (κ1) is 10.8. The Morgan fingerprint density at radius 2 is 2.18 bits per heavy atom. The summed E-state index contributed by atoms with van der Waals surface area (Å²) in [5, 5.41) is 0. The summed E-state index contributed by atoms with van der Waals surface area (Å²) in [6.45, 7) is 6.58. The van der Waals surface area contributed by atoms with E-state index >= 15 is 0 Å². The number of carbonyl (C=O) groups is 1. The van der Waals surface area contributed by atoms with Gasteiger partial charge in [-0.1, -0.05) is 20.8 Å². The fraction of sp³-hybridized carbons (Fsp3) is 0.533. The number of fused-ring (bicyclic) bond motifs is 2. The van der Waals surface area contributed by atoms with Crippen LogP contribution in [0.2, 0.25) is 0 Å². The van der Waals surface area contributed by atoms with Gasteiger partial charge in [-0.2, -0.15) is 0 Å². The highest BCUT2D eigenvalue weighted by Gasteiger charge is 2.63. The summed E-state index contributed by atoms with van der Waals surface area (Å²) in [4.78, 5) is 12.5. The summed E-state index contributed by atoms with van der Waals surface area (Å²) in [7, 11) is 0. The van der Waals surface area contributed by atoms with Crippen LogP contribution in [0.1, 0.15) is 39.4 Å². The van der Waals surface area contributed by atoms with Gasteiger partial charge in [-0.05, 0) is 42.4 Å². The molecule has 1 heterocycles. The lowest BCUT2D eigenvalue weighted by atomic mass is 9.70. The van der Waals surface area contributed by atoms with Crippen LogP contribution in [0.15, 0.2) is 28.4 Å². The van der Waals surface area contributed by atoms with Crippen LogP contribution in [0.5, 0.6) is 0 Å². The van der Waals surface area contributed by atoms with Crippen LogP contribution in [-0.4, -0.2) is 5.78 Å². The third-order valence-corrected chi connectivity index (χ3v) is 5.21. The van der Waals surface area contributed by atoms with Crippen LogP contribution in [0.4, 0.5) is 0 Å². The van der Waals surface area contributed by atoms with Crippen molar-refractivity contribution in [2.24, 2.45) is 16.7 Å². The Morgan fingerprint density at radius 3 is 2.71 bits per heavy atom. The molecule has 2 fully saturated rings. The number of rotatable bonds is 1. The van der Waals surface area contributed by atoms with Gasteiger partial charge in [0, 0.05) is 11.0 Å². The molecule has 2 saturated carbocycles. The Labute approximate surface area is 102 Å². The van der Waals surface area contributed by atoms with E-state index in [-0.39, 0.29) is 10.8 Å². The Kier molecular flexibility index (Phi) is 1.99. The van der Waals surface area contributed by atoms with Crippen molar-refractivity contribution in [3.05, 3.63) is 29.7 Å². The predicted molar refractivity (Wildman–Crippen MR) is 66.3 cm³/mol. The average molecular weight is 230 g/mol. The maximum atomic E-state index is 12.5. The maximum absolute atomic E-state index is 12.5. The van der Waals surface area contributed by atoms with E-state index in [9.17, 15) is 4.79 Å². The predicted octanol–water partition coefficient (Wildman–Crippen LogP) is 3.69. The monoisotopic (exact) mass is 230 g/mol. The SMILES string of the molecule is CC1(C)[C@@H]2CC[C@]1(C)C(=O)/C2=C\c1ccco1. The van der Waals surface area contributed by atoms with E-state index in [1.54, 1.807) is 6.26 Å². The van der Waals surface area contributed by atoms with Crippen LogP contribution in [0.3, 0.4) is 0 Å². The smallest absolute Gasteiger partial charge is 0.165 e. The molecule has 1 aromatic heterocycles. The second kappa shape index (κ2) is 3.12. The van der Waals surface area contributed by atoms with Gasteiger partial charge in [0.05, 0.1) is 6.26 Å². The van der Waals surface area contributed by atoms with E-state index < -0.39 is 0 Å². The molecule has 0 aliphatic heterocycles. The molecule has 3 rings (SSSR count). The van der Waals surface area contributed by atoms with Crippen LogP contribution < -0.4 is 0 Å². The fourth-order valence-corrected chi connectivity index (χ4v) is 3.62. The number of Topliss-reactive ketones (excluding diaryl/α,β-unsaturated/α-hetero) is 1. The van der Waals surface area contributed by atoms with Gasteiger partial charge in [0.15, 0.2) is 5.78 Å². The van der Waals surface area contributed by atoms with Crippen LogP contribution >= 0.6 is 0 Å². The molecule has 17 heavy (non-hydrogen) atoms. The highest BCUT2D eigenvalue weighted by molar-refractivity contribution is 6.07. The zero-order chi connectivity index (χ0) is 12.3. The van der Waals surface area contributed by atoms with Crippen LogP contribution in [0, 0.1) is 16.7 Å². The molecular formula is C15H18O2. The Balaban J connectivity index is 2.08. The third-order valence-electron chi connectivity index (χ3n) is 5.21. The standard InChI is InChI=1S/C15H18O2/c1-14(2)12-6-7-15(14,3)13(16)11(12)9-10-5-4-8-17-10/h4-5,8-9,12H,6-7H2,1-3H3/b11-9-/t12-,15-/m1/s1. The number of allylic oxidation sites excluding steroid dienone is 1. The molecule has 0 radical (unpaired) electrons. The molecule has 2 atom stereocenters. The van der Waals surface area contributed by atoms with Crippen molar-refractivity contribution in [1.82, 2.24) is 0 Å². The summed E-state index contributed by atoms with van der Waals surface area (Å²) < 4.78 is 5.32. The van der Waals surface area contributed by atoms with Gasteiger partial charge in [-0.3, -0.25) is 4.79 Å². The Bertz CT molecular complexity index is 493. The normalized spacial score (nSPS) is 37.0. The third kappa shape index (κ3) is 1.18. The first-order valence-corrected chi connectivity index (χ1v) is 6.27. The minimum absolute atomic E-state index is 0.0858. The molecule has 0 saturated heterocycles. The highest BCUT2D eigenvalue weighted by Crippen LogP contribution is 2.65. The first-order chi connectivity index (χ1) is 7.97. The molecule has 1 aromatic rings. The van der Waals surface area contributed by atoms with E-state index in [1.807, 2.05) is 18.2 Å². The van der Waals surface area contributed by atoms with Crippen LogP contribution in [0.25, 0.3) is 6.08 Å². The van der Waals surface area contributed by atoms with Gasteiger partial charge in [0.25, 0.3) is 0 Å². The molecule has 0 N–H and O–H groups in total. The summed E-state index contributed by atoms with van der Waals surface area (Å²) in [6, 6.07) is 3.76. The minimum atomic E-state index is -0.171. The summed E-state index contributed by atoms with van der Waals surface area (Å²) >= 11 is 0. The van der Waals surface area contributed by atoms with E-state index in [0.717, 1.165) is 24.2 Å². The topological polar surface area (TPSA) is 30.2 Å². The van der Waals surface area contributed by atoms with Crippen molar-refractivity contribution >= 4 is 11.9 Å². The number of ketones is 1. The van der Waals surface area contributed by atoms with Crippen molar-refractivity contribution < 1.29 is 9.21 Å². The van der Waals surface area contributed by atoms with E-state index in [2.05, 4.69) is 20.8 Å². The zero-order valence-corrected chi connectivity index (χ0v) is 10.6. The molecule has 2 nitrogen and oxygen atoms in total. The molecule has 2 heteroatoms. The van der Waals surface area contributed by atoms with Gasteiger partial charge in [0.2, 0.25) is 0 Å². The second-order valence-electron chi connectivity index (χ2n) is 6.09. The lowest BCUT2D eigenvalue weighted by molar-refractivity contribution is -0.125. The number of carbonyl (C=O) groups excluding carboxylic acids is 1. The fourth-order valence-electron chi connectivity index (χ4n) is 3.62. The second-order valence-corrected chi connectivity index (χ2v) is 6.09. The van der Waals surface area contributed by atoms with E-state index in [1.165, 1.54) is 0 Å². The van der Waals surface area contributed by atoms with Crippen molar-refractivity contribution in [2.75, 3.05) is 0 Å². The van der Waals surface area contributed by atoms with E-state index in [4.69, 9.17) is 4.42 Å². The quantitative estimate of drug-likeness (QED) is 0.689. The van der Waals surface area contributed by atoms with Gasteiger partial charge >= 0.3 is 0 Å². The minimum Gasteiger partial charge on any atom is -0.465 e. The Hall–Kier alpha value is -1.31. The highest BCUT2D eigenvalue weighted by atomic mass is 16.3. The molecule has 2 bridgehead atoms. The molecule has 0 aromatic carbocycles.